The SMILES string of the molecule is OCCN(Cc1cc(F)cc(Br)c1)C1CCCCC1. The fraction of sp³-hybridized carbons (Fsp3) is 0.600. The van der Waals surface area contributed by atoms with Gasteiger partial charge in [-0.3, -0.25) is 4.90 Å². The van der Waals surface area contributed by atoms with Gasteiger partial charge in [-0.1, -0.05) is 35.2 Å². The van der Waals surface area contributed by atoms with Crippen LogP contribution in [0.1, 0.15) is 37.7 Å². The number of hydrogen-bond donors (Lipinski definition) is 1. The molecule has 0 unspecified atom stereocenters. The van der Waals surface area contributed by atoms with Gasteiger partial charge in [0.15, 0.2) is 0 Å². The van der Waals surface area contributed by atoms with Crippen molar-refractivity contribution in [3.8, 4) is 0 Å². The van der Waals surface area contributed by atoms with Gasteiger partial charge in [-0.2, -0.15) is 0 Å². The van der Waals surface area contributed by atoms with Crippen molar-refractivity contribution in [2.75, 3.05) is 13.2 Å². The van der Waals surface area contributed by atoms with Crippen LogP contribution in [0, 0.1) is 5.82 Å². The maximum atomic E-state index is 13.4. The molecule has 2 nitrogen and oxygen atoms in total. The molecule has 1 saturated carbocycles. The first-order valence-electron chi connectivity index (χ1n) is 6.99. The summed E-state index contributed by atoms with van der Waals surface area (Å²) in [5.41, 5.74) is 0.964. The zero-order valence-corrected chi connectivity index (χ0v) is 12.7. The number of aliphatic hydroxyl groups is 1. The molecule has 1 fully saturated rings. The van der Waals surface area contributed by atoms with Gasteiger partial charge in [0.1, 0.15) is 5.82 Å². The van der Waals surface area contributed by atoms with Crippen LogP contribution >= 0.6 is 15.9 Å². The number of halogens is 2. The van der Waals surface area contributed by atoms with Crippen molar-refractivity contribution in [1.82, 2.24) is 4.90 Å². The fourth-order valence-corrected chi connectivity index (χ4v) is 3.41. The van der Waals surface area contributed by atoms with E-state index in [0.717, 1.165) is 10.0 Å². The second-order valence-corrected chi connectivity index (χ2v) is 6.18. The van der Waals surface area contributed by atoms with Crippen LogP contribution in [-0.4, -0.2) is 29.2 Å². The molecule has 0 bridgehead atoms. The molecule has 0 heterocycles. The minimum atomic E-state index is -0.211. The van der Waals surface area contributed by atoms with E-state index < -0.39 is 0 Å². The van der Waals surface area contributed by atoms with E-state index >= 15 is 0 Å². The van der Waals surface area contributed by atoms with E-state index in [1.54, 1.807) is 6.07 Å². The first-order valence-corrected chi connectivity index (χ1v) is 7.78. The summed E-state index contributed by atoms with van der Waals surface area (Å²) >= 11 is 3.33. The molecule has 106 valence electrons. The molecule has 0 spiro atoms. The van der Waals surface area contributed by atoms with Gasteiger partial charge in [0.2, 0.25) is 0 Å². The number of rotatable bonds is 5. The monoisotopic (exact) mass is 329 g/mol. The lowest BCUT2D eigenvalue weighted by Gasteiger charge is -2.34. The molecule has 0 amide bonds. The summed E-state index contributed by atoms with van der Waals surface area (Å²) in [5, 5.41) is 9.23. The van der Waals surface area contributed by atoms with Crippen LogP contribution in [0.15, 0.2) is 22.7 Å². The van der Waals surface area contributed by atoms with E-state index in [1.807, 2.05) is 6.07 Å². The molecule has 1 aromatic rings. The average molecular weight is 330 g/mol. The van der Waals surface area contributed by atoms with E-state index in [4.69, 9.17) is 0 Å². The van der Waals surface area contributed by atoms with Crippen LogP contribution in [0.4, 0.5) is 4.39 Å². The molecule has 1 aromatic carbocycles. The Morgan fingerprint density at radius 3 is 2.58 bits per heavy atom. The van der Waals surface area contributed by atoms with Crippen molar-refractivity contribution in [2.24, 2.45) is 0 Å². The Hall–Kier alpha value is -0.450. The largest absolute Gasteiger partial charge is 0.395 e. The van der Waals surface area contributed by atoms with Gasteiger partial charge in [0.05, 0.1) is 6.61 Å². The summed E-state index contributed by atoms with van der Waals surface area (Å²) in [6.07, 6.45) is 6.22. The number of aliphatic hydroxyl groups excluding tert-OH is 1. The number of hydrogen-bond acceptors (Lipinski definition) is 2. The summed E-state index contributed by atoms with van der Waals surface area (Å²) < 4.78 is 14.2. The van der Waals surface area contributed by atoms with Crippen molar-refractivity contribution in [2.45, 2.75) is 44.7 Å². The third-order valence-electron chi connectivity index (χ3n) is 3.79. The van der Waals surface area contributed by atoms with E-state index in [1.165, 1.54) is 38.2 Å². The van der Waals surface area contributed by atoms with Crippen LogP contribution in [0.5, 0.6) is 0 Å². The fourth-order valence-electron chi connectivity index (χ4n) is 2.90. The van der Waals surface area contributed by atoms with Crippen molar-refractivity contribution < 1.29 is 9.50 Å². The Morgan fingerprint density at radius 2 is 1.95 bits per heavy atom. The lowest BCUT2D eigenvalue weighted by atomic mass is 9.94. The van der Waals surface area contributed by atoms with Crippen molar-refractivity contribution >= 4 is 15.9 Å². The highest BCUT2D eigenvalue weighted by atomic mass is 79.9. The molecular weight excluding hydrogens is 309 g/mol. The smallest absolute Gasteiger partial charge is 0.124 e. The van der Waals surface area contributed by atoms with Gasteiger partial charge in [-0.15, -0.1) is 0 Å². The molecule has 0 saturated heterocycles. The zero-order chi connectivity index (χ0) is 13.7. The third kappa shape index (κ3) is 4.55. The molecule has 0 aromatic heterocycles. The van der Waals surface area contributed by atoms with Gasteiger partial charge < -0.3 is 5.11 Å². The molecule has 0 aliphatic heterocycles. The third-order valence-corrected chi connectivity index (χ3v) is 4.24. The molecule has 4 heteroatoms. The maximum Gasteiger partial charge on any atom is 0.124 e. The standard InChI is InChI=1S/C15H21BrFNO/c16-13-8-12(9-14(17)10-13)11-18(6-7-19)15-4-2-1-3-5-15/h8-10,15,19H,1-7,11H2. The van der Waals surface area contributed by atoms with Crippen LogP contribution in [0.2, 0.25) is 0 Å². The normalized spacial score (nSPS) is 17.1. The summed E-state index contributed by atoms with van der Waals surface area (Å²) in [7, 11) is 0. The molecule has 2 rings (SSSR count). The van der Waals surface area contributed by atoms with Crippen LogP contribution in [0.25, 0.3) is 0 Å². The Morgan fingerprint density at radius 1 is 1.21 bits per heavy atom. The van der Waals surface area contributed by atoms with Gasteiger partial charge in [-0.25, -0.2) is 4.39 Å². The Bertz CT molecular complexity index is 387. The predicted molar refractivity (Wildman–Crippen MR) is 78.5 cm³/mol. The van der Waals surface area contributed by atoms with Crippen molar-refractivity contribution in [1.29, 1.82) is 0 Å². The van der Waals surface area contributed by atoms with E-state index in [-0.39, 0.29) is 12.4 Å². The molecule has 1 aliphatic carbocycles. The van der Waals surface area contributed by atoms with E-state index in [2.05, 4.69) is 20.8 Å². The summed E-state index contributed by atoms with van der Waals surface area (Å²) in [5.74, 6) is -0.211. The summed E-state index contributed by atoms with van der Waals surface area (Å²) in [6, 6.07) is 5.54. The number of benzene rings is 1. The zero-order valence-electron chi connectivity index (χ0n) is 11.1. The van der Waals surface area contributed by atoms with Gasteiger partial charge in [-0.05, 0) is 36.6 Å². The molecule has 19 heavy (non-hydrogen) atoms. The Kier molecular flexibility index (Phi) is 5.79. The lowest BCUT2D eigenvalue weighted by Crippen LogP contribution is -2.38. The highest BCUT2D eigenvalue weighted by molar-refractivity contribution is 9.10. The predicted octanol–water partition coefficient (Wildman–Crippen LogP) is 3.72. The van der Waals surface area contributed by atoms with Gasteiger partial charge >= 0.3 is 0 Å². The highest BCUT2D eigenvalue weighted by Gasteiger charge is 2.21. The highest BCUT2D eigenvalue weighted by Crippen LogP contribution is 2.24. The number of nitrogens with zero attached hydrogens (tertiary/aromatic N) is 1. The topological polar surface area (TPSA) is 23.5 Å². The first-order chi connectivity index (χ1) is 9.19. The molecular formula is C15H21BrFNO. The summed E-state index contributed by atoms with van der Waals surface area (Å²) in [6.45, 7) is 1.54. The minimum absolute atomic E-state index is 0.160. The molecule has 0 atom stereocenters. The van der Waals surface area contributed by atoms with Crippen LogP contribution in [0.3, 0.4) is 0 Å². The van der Waals surface area contributed by atoms with Crippen molar-refractivity contribution in [3.05, 3.63) is 34.1 Å². The van der Waals surface area contributed by atoms with Gasteiger partial charge in [0.25, 0.3) is 0 Å². The second kappa shape index (κ2) is 7.36. The molecule has 0 radical (unpaired) electrons. The Labute approximate surface area is 122 Å². The molecule has 1 N–H and O–H groups in total. The molecule has 1 aliphatic rings. The second-order valence-electron chi connectivity index (χ2n) is 5.26. The average Bonchev–Trinajstić information content (AvgIpc) is 2.38. The summed E-state index contributed by atoms with van der Waals surface area (Å²) in [4.78, 5) is 2.29. The first kappa shape index (κ1) is 14.9. The minimum Gasteiger partial charge on any atom is -0.395 e. The Balaban J connectivity index is 2.06. The maximum absolute atomic E-state index is 13.4. The quantitative estimate of drug-likeness (QED) is 0.890. The van der Waals surface area contributed by atoms with Gasteiger partial charge in [0, 0.05) is 23.6 Å². The van der Waals surface area contributed by atoms with Crippen LogP contribution < -0.4 is 0 Å². The lowest BCUT2D eigenvalue weighted by molar-refractivity contribution is 0.117. The van der Waals surface area contributed by atoms with Crippen LogP contribution in [-0.2, 0) is 6.54 Å². The van der Waals surface area contributed by atoms with E-state index in [0.29, 0.717) is 19.1 Å². The van der Waals surface area contributed by atoms with E-state index in [9.17, 15) is 9.50 Å². The van der Waals surface area contributed by atoms with Crippen molar-refractivity contribution in [3.63, 3.8) is 0 Å².